The van der Waals surface area contributed by atoms with E-state index in [-0.39, 0.29) is 11.7 Å². The molecule has 1 aromatic heterocycles. The van der Waals surface area contributed by atoms with Gasteiger partial charge in [0.15, 0.2) is 10.9 Å². The van der Waals surface area contributed by atoms with Crippen molar-refractivity contribution >= 4 is 38.4 Å². The number of ketones is 1. The van der Waals surface area contributed by atoms with Crippen LogP contribution >= 0.6 is 11.3 Å². The van der Waals surface area contributed by atoms with Crippen LogP contribution in [0.2, 0.25) is 0 Å². The zero-order valence-corrected chi connectivity index (χ0v) is 18.7. The van der Waals surface area contributed by atoms with Gasteiger partial charge in [0.1, 0.15) is 5.75 Å². The Morgan fingerprint density at radius 2 is 1.94 bits per heavy atom. The summed E-state index contributed by atoms with van der Waals surface area (Å²) < 4.78 is 6.62. The highest BCUT2D eigenvalue weighted by molar-refractivity contribution is 7.22. The van der Waals surface area contributed by atoms with Crippen LogP contribution in [0.4, 0.5) is 5.13 Å². The van der Waals surface area contributed by atoms with E-state index in [0.717, 1.165) is 40.0 Å². The lowest BCUT2D eigenvalue weighted by Crippen LogP contribution is -2.35. The fourth-order valence-corrected chi connectivity index (χ4v) is 5.45. The number of benzene rings is 2. The summed E-state index contributed by atoms with van der Waals surface area (Å²) >= 11 is 1.43. The third-order valence-electron chi connectivity index (χ3n) is 5.98. The molecule has 2 N–H and O–H groups in total. The van der Waals surface area contributed by atoms with Gasteiger partial charge in [-0.2, -0.15) is 0 Å². The maximum atomic E-state index is 13.6. The monoisotopic (exact) mass is 445 g/mol. The molecule has 0 saturated heterocycles. The second kappa shape index (κ2) is 8.24. The number of thiazole rings is 1. The van der Waals surface area contributed by atoms with E-state index in [2.05, 4.69) is 15.6 Å². The Morgan fingerprint density at radius 3 is 2.75 bits per heavy atom. The van der Waals surface area contributed by atoms with Crippen LogP contribution in [-0.4, -0.2) is 23.8 Å². The number of nitrogens with zero attached hydrogens (tertiary/aromatic N) is 1. The minimum atomic E-state index is -0.496. The minimum absolute atomic E-state index is 0.0763. The molecule has 1 atom stereocenters. The normalized spacial score (nSPS) is 18.4. The van der Waals surface area contributed by atoms with Gasteiger partial charge in [-0.15, -0.1) is 0 Å². The number of aromatic nitrogens is 1. The molecule has 32 heavy (non-hydrogen) atoms. The number of para-hydroxylation sites is 2. The topological polar surface area (TPSA) is 80.3 Å². The standard InChI is InChI=1S/C25H23N3O3S/c1-14-21(24(30)28-25-27-16-9-4-6-13-20(16)32-25)22(15-8-3-5-12-19(15)31-2)23-17(26-14)10-7-11-18(23)29/h3-6,8-9,12-13,22,26H,7,10-11H2,1-2H3,(H,27,28,30). The van der Waals surface area contributed by atoms with Gasteiger partial charge in [0, 0.05) is 34.5 Å². The average molecular weight is 446 g/mol. The Morgan fingerprint density at radius 1 is 1.16 bits per heavy atom. The average Bonchev–Trinajstić information content (AvgIpc) is 3.20. The Kier molecular flexibility index (Phi) is 5.27. The quantitative estimate of drug-likeness (QED) is 0.596. The predicted octanol–water partition coefficient (Wildman–Crippen LogP) is 4.91. The van der Waals surface area contributed by atoms with Crippen molar-refractivity contribution in [3.8, 4) is 5.75 Å². The second-order valence-corrected chi connectivity index (χ2v) is 8.98. The summed E-state index contributed by atoms with van der Waals surface area (Å²) in [5, 5.41) is 6.86. The molecular formula is C25H23N3O3S. The van der Waals surface area contributed by atoms with Gasteiger partial charge >= 0.3 is 0 Å². The van der Waals surface area contributed by atoms with Gasteiger partial charge < -0.3 is 10.1 Å². The molecule has 1 unspecified atom stereocenters. The highest BCUT2D eigenvalue weighted by atomic mass is 32.1. The highest BCUT2D eigenvalue weighted by Gasteiger charge is 2.39. The summed E-state index contributed by atoms with van der Waals surface area (Å²) in [7, 11) is 1.61. The zero-order chi connectivity index (χ0) is 22.2. The zero-order valence-electron chi connectivity index (χ0n) is 17.9. The lowest BCUT2D eigenvalue weighted by Gasteiger charge is -2.34. The summed E-state index contributed by atoms with van der Waals surface area (Å²) in [5.74, 6) is -0.0328. The molecule has 2 heterocycles. The fourth-order valence-electron chi connectivity index (χ4n) is 4.59. The van der Waals surface area contributed by atoms with Crippen molar-refractivity contribution in [3.63, 3.8) is 0 Å². The number of methoxy groups -OCH3 is 1. The smallest absolute Gasteiger partial charge is 0.256 e. The number of nitrogens with one attached hydrogen (secondary N) is 2. The van der Waals surface area contributed by atoms with Gasteiger partial charge in [-0.3, -0.25) is 14.9 Å². The van der Waals surface area contributed by atoms with E-state index < -0.39 is 5.92 Å². The first-order chi connectivity index (χ1) is 15.6. The number of anilines is 1. The van der Waals surface area contributed by atoms with Crippen LogP contribution in [-0.2, 0) is 9.59 Å². The van der Waals surface area contributed by atoms with Crippen LogP contribution in [0.5, 0.6) is 5.75 Å². The summed E-state index contributed by atoms with van der Waals surface area (Å²) in [5.41, 5.74) is 4.49. The molecule has 6 nitrogen and oxygen atoms in total. The molecule has 1 amide bonds. The van der Waals surface area contributed by atoms with Gasteiger partial charge in [0.25, 0.3) is 5.91 Å². The number of dihydropyridines is 1. The third kappa shape index (κ3) is 3.48. The Hall–Kier alpha value is -3.45. The lowest BCUT2D eigenvalue weighted by atomic mass is 9.74. The number of carbonyl (C=O) groups is 2. The molecule has 3 aromatic rings. The number of amides is 1. The van der Waals surface area contributed by atoms with Gasteiger partial charge in [-0.25, -0.2) is 4.98 Å². The van der Waals surface area contributed by atoms with E-state index in [4.69, 9.17) is 4.74 Å². The van der Waals surface area contributed by atoms with E-state index in [1.54, 1.807) is 7.11 Å². The molecule has 2 aromatic carbocycles. The number of ether oxygens (including phenoxy) is 1. The van der Waals surface area contributed by atoms with Crippen molar-refractivity contribution in [2.75, 3.05) is 12.4 Å². The van der Waals surface area contributed by atoms with Gasteiger partial charge in [0.05, 0.1) is 23.2 Å². The summed E-state index contributed by atoms with van der Waals surface area (Å²) in [6, 6.07) is 15.4. The number of Topliss-reactive ketones (excluding diaryl/α,β-unsaturated/α-hetero) is 1. The predicted molar refractivity (Wildman–Crippen MR) is 126 cm³/mol. The maximum Gasteiger partial charge on any atom is 0.256 e. The van der Waals surface area contributed by atoms with Crippen LogP contribution in [0.25, 0.3) is 10.2 Å². The van der Waals surface area contributed by atoms with E-state index >= 15 is 0 Å². The van der Waals surface area contributed by atoms with Crippen molar-refractivity contribution in [2.45, 2.75) is 32.1 Å². The van der Waals surface area contributed by atoms with E-state index in [0.29, 0.717) is 28.4 Å². The second-order valence-electron chi connectivity index (χ2n) is 7.95. The molecule has 0 radical (unpaired) electrons. The van der Waals surface area contributed by atoms with Crippen molar-refractivity contribution in [3.05, 3.63) is 76.6 Å². The molecule has 2 aliphatic rings. The van der Waals surface area contributed by atoms with Crippen LogP contribution in [0.1, 0.15) is 37.7 Å². The van der Waals surface area contributed by atoms with Crippen molar-refractivity contribution in [1.29, 1.82) is 0 Å². The number of allylic oxidation sites excluding steroid dienone is 3. The number of hydrogen-bond donors (Lipinski definition) is 2. The maximum absolute atomic E-state index is 13.6. The molecular weight excluding hydrogens is 422 g/mol. The first kappa shape index (κ1) is 20.5. The SMILES string of the molecule is COc1ccccc1C1C(C(=O)Nc2nc3ccccc3s2)=C(C)NC2=C1C(=O)CCC2. The lowest BCUT2D eigenvalue weighted by molar-refractivity contribution is -0.116. The molecule has 0 fully saturated rings. The molecule has 1 aliphatic heterocycles. The molecule has 0 bridgehead atoms. The first-order valence-electron chi connectivity index (χ1n) is 10.6. The van der Waals surface area contributed by atoms with Crippen molar-refractivity contribution in [2.24, 2.45) is 0 Å². The third-order valence-corrected chi connectivity index (χ3v) is 6.94. The molecule has 0 spiro atoms. The van der Waals surface area contributed by atoms with Crippen LogP contribution in [0, 0.1) is 0 Å². The number of rotatable bonds is 4. The van der Waals surface area contributed by atoms with Gasteiger partial charge in [0.2, 0.25) is 0 Å². The van der Waals surface area contributed by atoms with Crippen molar-refractivity contribution < 1.29 is 14.3 Å². The van der Waals surface area contributed by atoms with Gasteiger partial charge in [-0.1, -0.05) is 41.7 Å². The molecule has 1 aliphatic carbocycles. The Bertz CT molecular complexity index is 1270. The number of hydrogen-bond acceptors (Lipinski definition) is 6. The van der Waals surface area contributed by atoms with Crippen LogP contribution < -0.4 is 15.4 Å². The van der Waals surface area contributed by atoms with Crippen LogP contribution in [0.3, 0.4) is 0 Å². The van der Waals surface area contributed by atoms with Crippen LogP contribution in [0.15, 0.2) is 71.1 Å². The molecule has 162 valence electrons. The summed E-state index contributed by atoms with van der Waals surface area (Å²) in [6.45, 7) is 1.89. The Balaban J connectivity index is 1.59. The highest BCUT2D eigenvalue weighted by Crippen LogP contribution is 2.45. The van der Waals surface area contributed by atoms with E-state index in [1.807, 2.05) is 55.5 Å². The number of fused-ring (bicyclic) bond motifs is 1. The number of carbonyl (C=O) groups excluding carboxylic acids is 2. The van der Waals surface area contributed by atoms with E-state index in [9.17, 15) is 9.59 Å². The fraction of sp³-hybridized carbons (Fsp3) is 0.240. The van der Waals surface area contributed by atoms with Gasteiger partial charge in [-0.05, 0) is 38.0 Å². The summed E-state index contributed by atoms with van der Waals surface area (Å²) in [6.07, 6.45) is 2.08. The van der Waals surface area contributed by atoms with E-state index in [1.165, 1.54) is 11.3 Å². The van der Waals surface area contributed by atoms with Crippen molar-refractivity contribution in [1.82, 2.24) is 10.3 Å². The molecule has 7 heteroatoms. The Labute approximate surface area is 190 Å². The molecule has 0 saturated carbocycles. The minimum Gasteiger partial charge on any atom is -0.496 e. The molecule has 5 rings (SSSR count). The summed E-state index contributed by atoms with van der Waals surface area (Å²) in [4.78, 5) is 31.2. The largest absolute Gasteiger partial charge is 0.496 e. The first-order valence-corrected chi connectivity index (χ1v) is 11.4.